The number of nitrogens with zero attached hydrogens (tertiary/aromatic N) is 1. The highest BCUT2D eigenvalue weighted by Gasteiger charge is 2.09. The number of aromatic carboxylic acids is 1. The van der Waals surface area contributed by atoms with Crippen LogP contribution in [0.1, 0.15) is 29.1 Å². The molecule has 1 rings (SSSR count). The molecule has 1 aromatic heterocycles. The van der Waals surface area contributed by atoms with Gasteiger partial charge in [-0.05, 0) is 19.9 Å². The van der Waals surface area contributed by atoms with E-state index in [1.54, 1.807) is 16.3 Å². The third-order valence-electron chi connectivity index (χ3n) is 2.59. The smallest absolute Gasteiger partial charge is 0.336 e. The summed E-state index contributed by atoms with van der Waals surface area (Å²) in [6.07, 6.45) is 0. The SMILES string of the molecule is CCN(CC)C(=O)CNCc1cc(C(=O)O)cs1. The minimum atomic E-state index is -0.920. The lowest BCUT2D eigenvalue weighted by atomic mass is 10.3. The van der Waals surface area contributed by atoms with E-state index >= 15 is 0 Å². The van der Waals surface area contributed by atoms with Crippen molar-refractivity contribution in [1.82, 2.24) is 10.2 Å². The molecule has 0 saturated heterocycles. The van der Waals surface area contributed by atoms with Crippen molar-refractivity contribution in [3.63, 3.8) is 0 Å². The second kappa shape index (κ2) is 7.13. The number of carboxylic acid groups (broad SMARTS) is 1. The van der Waals surface area contributed by atoms with Crippen LogP contribution < -0.4 is 5.32 Å². The van der Waals surface area contributed by atoms with E-state index < -0.39 is 5.97 Å². The maximum atomic E-state index is 11.7. The fourth-order valence-electron chi connectivity index (χ4n) is 1.57. The first kappa shape index (κ1) is 14.7. The fourth-order valence-corrected chi connectivity index (χ4v) is 2.39. The average Bonchev–Trinajstić information content (AvgIpc) is 2.79. The van der Waals surface area contributed by atoms with Crippen LogP contribution in [0.5, 0.6) is 0 Å². The summed E-state index contributed by atoms with van der Waals surface area (Å²) < 4.78 is 0. The van der Waals surface area contributed by atoms with Crippen LogP contribution in [-0.4, -0.2) is 41.5 Å². The molecular formula is C12H18N2O3S. The number of carbonyl (C=O) groups is 2. The Morgan fingerprint density at radius 3 is 2.56 bits per heavy atom. The van der Waals surface area contributed by atoms with Crippen LogP contribution >= 0.6 is 11.3 Å². The lowest BCUT2D eigenvalue weighted by molar-refractivity contribution is -0.129. The van der Waals surface area contributed by atoms with Gasteiger partial charge in [-0.15, -0.1) is 11.3 Å². The molecule has 0 aromatic carbocycles. The number of hydrogen-bond donors (Lipinski definition) is 2. The van der Waals surface area contributed by atoms with E-state index in [-0.39, 0.29) is 12.5 Å². The highest BCUT2D eigenvalue weighted by atomic mass is 32.1. The van der Waals surface area contributed by atoms with Crippen LogP contribution in [0.15, 0.2) is 11.4 Å². The third-order valence-corrected chi connectivity index (χ3v) is 3.53. The second-order valence-corrected chi connectivity index (χ2v) is 4.77. The van der Waals surface area contributed by atoms with Crippen molar-refractivity contribution < 1.29 is 14.7 Å². The zero-order valence-electron chi connectivity index (χ0n) is 10.6. The van der Waals surface area contributed by atoms with Gasteiger partial charge in [0.1, 0.15) is 0 Å². The van der Waals surface area contributed by atoms with Gasteiger partial charge in [0.25, 0.3) is 0 Å². The van der Waals surface area contributed by atoms with E-state index in [0.29, 0.717) is 25.2 Å². The Morgan fingerprint density at radius 2 is 2.06 bits per heavy atom. The summed E-state index contributed by atoms with van der Waals surface area (Å²) in [7, 11) is 0. The molecule has 0 fully saturated rings. The van der Waals surface area contributed by atoms with E-state index in [9.17, 15) is 9.59 Å². The molecule has 0 aliphatic rings. The average molecular weight is 270 g/mol. The molecule has 0 radical (unpaired) electrons. The van der Waals surface area contributed by atoms with Crippen molar-refractivity contribution in [2.75, 3.05) is 19.6 Å². The Balaban J connectivity index is 2.37. The van der Waals surface area contributed by atoms with Crippen molar-refractivity contribution in [1.29, 1.82) is 0 Å². The lowest BCUT2D eigenvalue weighted by Gasteiger charge is -2.18. The summed E-state index contributed by atoms with van der Waals surface area (Å²) in [5.41, 5.74) is 0.298. The summed E-state index contributed by atoms with van der Waals surface area (Å²) in [6.45, 7) is 6.10. The standard InChI is InChI=1S/C12H18N2O3S/c1-3-14(4-2)11(15)7-13-6-10-5-9(8-18-10)12(16)17/h5,8,13H,3-4,6-7H2,1-2H3,(H,16,17). The number of rotatable bonds is 7. The van der Waals surface area contributed by atoms with E-state index in [2.05, 4.69) is 5.32 Å². The van der Waals surface area contributed by atoms with Crippen molar-refractivity contribution >= 4 is 23.2 Å². The first-order chi connectivity index (χ1) is 8.58. The van der Waals surface area contributed by atoms with E-state index in [0.717, 1.165) is 4.88 Å². The molecule has 0 saturated carbocycles. The quantitative estimate of drug-likeness (QED) is 0.786. The molecule has 2 N–H and O–H groups in total. The number of thiophene rings is 1. The van der Waals surface area contributed by atoms with Crippen molar-refractivity contribution in [3.05, 3.63) is 21.9 Å². The van der Waals surface area contributed by atoms with Crippen LogP contribution in [0.2, 0.25) is 0 Å². The largest absolute Gasteiger partial charge is 0.478 e. The van der Waals surface area contributed by atoms with Crippen LogP contribution in [0, 0.1) is 0 Å². The summed E-state index contributed by atoms with van der Waals surface area (Å²) >= 11 is 1.38. The molecule has 0 spiro atoms. The van der Waals surface area contributed by atoms with Crippen LogP contribution in [0.4, 0.5) is 0 Å². The molecule has 1 heterocycles. The van der Waals surface area contributed by atoms with Gasteiger partial charge in [0.2, 0.25) is 5.91 Å². The monoisotopic (exact) mass is 270 g/mol. The van der Waals surface area contributed by atoms with Gasteiger partial charge in [0.15, 0.2) is 0 Å². The van der Waals surface area contributed by atoms with Crippen molar-refractivity contribution in [2.24, 2.45) is 0 Å². The van der Waals surface area contributed by atoms with Gasteiger partial charge >= 0.3 is 5.97 Å². The van der Waals surface area contributed by atoms with Gasteiger partial charge in [0, 0.05) is 29.9 Å². The molecule has 1 aromatic rings. The number of likely N-dealkylation sites (N-methyl/N-ethyl adjacent to an activating group) is 1. The predicted octanol–water partition coefficient (Wildman–Crippen LogP) is 1.40. The number of amides is 1. The van der Waals surface area contributed by atoms with E-state index in [4.69, 9.17) is 5.11 Å². The Morgan fingerprint density at radius 1 is 1.39 bits per heavy atom. The zero-order chi connectivity index (χ0) is 13.5. The number of hydrogen-bond acceptors (Lipinski definition) is 4. The van der Waals surface area contributed by atoms with Gasteiger partial charge in [-0.25, -0.2) is 4.79 Å². The number of carboxylic acids is 1. The second-order valence-electron chi connectivity index (χ2n) is 3.78. The summed E-state index contributed by atoms with van der Waals surface area (Å²) in [4.78, 5) is 25.0. The molecule has 18 heavy (non-hydrogen) atoms. The van der Waals surface area contributed by atoms with Gasteiger partial charge in [-0.1, -0.05) is 0 Å². The molecule has 5 nitrogen and oxygen atoms in total. The first-order valence-corrected chi connectivity index (χ1v) is 6.75. The molecule has 0 aliphatic heterocycles. The highest BCUT2D eigenvalue weighted by molar-refractivity contribution is 7.10. The van der Waals surface area contributed by atoms with Crippen molar-refractivity contribution in [2.45, 2.75) is 20.4 Å². The fraction of sp³-hybridized carbons (Fsp3) is 0.500. The van der Waals surface area contributed by atoms with Crippen molar-refractivity contribution in [3.8, 4) is 0 Å². The van der Waals surface area contributed by atoms with Crippen LogP contribution in [0.3, 0.4) is 0 Å². The predicted molar refractivity (Wildman–Crippen MR) is 70.9 cm³/mol. The molecule has 0 bridgehead atoms. The summed E-state index contributed by atoms with van der Waals surface area (Å²) in [6, 6.07) is 1.63. The van der Waals surface area contributed by atoms with Gasteiger partial charge in [-0.3, -0.25) is 4.79 Å². The highest BCUT2D eigenvalue weighted by Crippen LogP contribution is 2.14. The maximum Gasteiger partial charge on any atom is 0.336 e. The molecular weight excluding hydrogens is 252 g/mol. The molecule has 0 atom stereocenters. The molecule has 1 amide bonds. The third kappa shape index (κ3) is 4.12. The molecule has 0 aliphatic carbocycles. The lowest BCUT2D eigenvalue weighted by Crippen LogP contribution is -2.37. The Kier molecular flexibility index (Phi) is 5.80. The Labute approximate surface area is 110 Å². The topological polar surface area (TPSA) is 69.6 Å². The van der Waals surface area contributed by atoms with Gasteiger partial charge < -0.3 is 15.3 Å². The summed E-state index contributed by atoms with van der Waals surface area (Å²) in [5, 5.41) is 13.4. The Hall–Kier alpha value is -1.40. The van der Waals surface area contributed by atoms with Crippen LogP contribution in [0.25, 0.3) is 0 Å². The number of nitrogens with one attached hydrogen (secondary N) is 1. The minimum Gasteiger partial charge on any atom is -0.478 e. The normalized spacial score (nSPS) is 10.3. The Bertz CT molecular complexity index is 413. The summed E-state index contributed by atoms with van der Waals surface area (Å²) in [5.74, 6) is -0.855. The molecule has 100 valence electrons. The van der Waals surface area contributed by atoms with Gasteiger partial charge in [-0.2, -0.15) is 0 Å². The van der Waals surface area contributed by atoms with Gasteiger partial charge in [0.05, 0.1) is 12.1 Å². The van der Waals surface area contributed by atoms with E-state index in [1.165, 1.54) is 11.3 Å². The molecule has 6 heteroatoms. The molecule has 0 unspecified atom stereocenters. The number of carbonyl (C=O) groups excluding carboxylic acids is 1. The first-order valence-electron chi connectivity index (χ1n) is 5.87. The van der Waals surface area contributed by atoms with Crippen LogP contribution in [-0.2, 0) is 11.3 Å². The van der Waals surface area contributed by atoms with E-state index in [1.807, 2.05) is 13.8 Å². The zero-order valence-corrected chi connectivity index (χ0v) is 11.4. The minimum absolute atomic E-state index is 0.0648. The maximum absolute atomic E-state index is 11.7.